The van der Waals surface area contributed by atoms with Crippen molar-refractivity contribution in [1.29, 1.82) is 0 Å². The number of nitrogens with zero attached hydrogens (tertiary/aromatic N) is 1. The van der Waals surface area contributed by atoms with Crippen LogP contribution in [0.3, 0.4) is 0 Å². The van der Waals surface area contributed by atoms with Crippen molar-refractivity contribution in [2.75, 3.05) is 37.4 Å². The number of amides is 1. The molecule has 0 spiro atoms. The minimum atomic E-state index is -3.55. The Bertz CT molecular complexity index is 1200. The Morgan fingerprint density at radius 2 is 1.86 bits per heavy atom. The smallest absolute Gasteiger partial charge is 0.232 e. The van der Waals surface area contributed by atoms with Gasteiger partial charge in [-0.3, -0.25) is 9.10 Å². The predicted molar refractivity (Wildman–Crippen MR) is 132 cm³/mol. The van der Waals surface area contributed by atoms with Crippen LogP contribution in [0.15, 0.2) is 36.4 Å². The minimum absolute atomic E-state index is 0.148. The van der Waals surface area contributed by atoms with Crippen molar-refractivity contribution >= 4 is 21.6 Å². The average Bonchev–Trinajstić information content (AvgIpc) is 2.79. The van der Waals surface area contributed by atoms with Crippen molar-refractivity contribution in [3.63, 3.8) is 0 Å². The second-order valence-electron chi connectivity index (χ2n) is 9.36. The van der Waals surface area contributed by atoms with E-state index in [0.29, 0.717) is 54.7 Å². The lowest BCUT2D eigenvalue weighted by molar-refractivity contribution is -0.122. The molecule has 0 aromatic heterocycles. The highest BCUT2D eigenvalue weighted by atomic mass is 32.2. The first-order chi connectivity index (χ1) is 16.6. The Kier molecular flexibility index (Phi) is 7.02. The Balaban J connectivity index is 1.41. The number of nitrogens with one attached hydrogen (secondary N) is 1. The second kappa shape index (κ2) is 9.85. The summed E-state index contributed by atoms with van der Waals surface area (Å²) in [5.74, 6) is 2.33. The zero-order valence-electron chi connectivity index (χ0n) is 20.5. The van der Waals surface area contributed by atoms with Gasteiger partial charge in [0.25, 0.3) is 0 Å². The lowest BCUT2D eigenvalue weighted by atomic mass is 9.89. The third-order valence-electron chi connectivity index (χ3n) is 5.99. The van der Waals surface area contributed by atoms with E-state index >= 15 is 0 Å². The van der Waals surface area contributed by atoms with Gasteiger partial charge < -0.3 is 24.3 Å². The molecule has 1 atom stereocenters. The van der Waals surface area contributed by atoms with Gasteiger partial charge in [-0.1, -0.05) is 0 Å². The van der Waals surface area contributed by atoms with Crippen molar-refractivity contribution in [3.05, 3.63) is 42.0 Å². The number of carbonyl (C=O) groups is 1. The molecule has 0 aliphatic carbocycles. The number of ether oxygens (including phenoxy) is 4. The third-order valence-corrected chi connectivity index (χ3v) is 7.19. The van der Waals surface area contributed by atoms with Crippen molar-refractivity contribution < 1.29 is 32.2 Å². The minimum Gasteiger partial charge on any atom is -0.497 e. The highest BCUT2D eigenvalue weighted by Gasteiger charge is 2.34. The molecule has 2 aromatic carbocycles. The van der Waals surface area contributed by atoms with Crippen LogP contribution in [0.1, 0.15) is 44.7 Å². The topological polar surface area (TPSA) is 103 Å². The maximum Gasteiger partial charge on any atom is 0.232 e. The maximum absolute atomic E-state index is 12.8. The van der Waals surface area contributed by atoms with Gasteiger partial charge in [-0.05, 0) is 44.5 Å². The molecule has 0 bridgehead atoms. The Labute approximate surface area is 206 Å². The first-order valence-corrected chi connectivity index (χ1v) is 13.4. The van der Waals surface area contributed by atoms with E-state index in [4.69, 9.17) is 18.9 Å². The molecule has 2 heterocycles. The molecule has 0 saturated heterocycles. The van der Waals surface area contributed by atoms with Crippen LogP contribution < -0.4 is 28.6 Å². The fourth-order valence-electron chi connectivity index (χ4n) is 4.41. The van der Waals surface area contributed by atoms with Gasteiger partial charge in [-0.2, -0.15) is 0 Å². The fraction of sp³-hybridized carbons (Fsp3) is 0.480. The van der Waals surface area contributed by atoms with Crippen LogP contribution in [0.25, 0.3) is 0 Å². The van der Waals surface area contributed by atoms with E-state index in [9.17, 15) is 13.2 Å². The standard InChI is InChI=1S/C25H32N2O7S/c1-25(2)16-20(19-9-8-18(31-3)15-22(19)34-25)26-24(28)6-5-11-27(35(4,29)30)17-7-10-21-23(14-17)33-13-12-32-21/h7-10,14-15,20H,5-6,11-13,16H2,1-4H3,(H,26,28)/t20-/m1/s1. The molecule has 2 aliphatic heterocycles. The van der Waals surface area contributed by atoms with Gasteiger partial charge in [0.1, 0.15) is 30.3 Å². The van der Waals surface area contributed by atoms with Gasteiger partial charge in [-0.25, -0.2) is 8.42 Å². The molecular weight excluding hydrogens is 472 g/mol. The monoisotopic (exact) mass is 504 g/mol. The second-order valence-corrected chi connectivity index (χ2v) is 11.3. The molecule has 0 radical (unpaired) electrons. The molecule has 2 aliphatic rings. The van der Waals surface area contributed by atoms with Crippen molar-refractivity contribution in [2.45, 2.75) is 44.8 Å². The average molecular weight is 505 g/mol. The van der Waals surface area contributed by atoms with Gasteiger partial charge in [0, 0.05) is 37.1 Å². The zero-order valence-corrected chi connectivity index (χ0v) is 21.3. The predicted octanol–water partition coefficient (Wildman–Crippen LogP) is 3.43. The summed E-state index contributed by atoms with van der Waals surface area (Å²) in [5, 5.41) is 3.10. The lowest BCUT2D eigenvalue weighted by Crippen LogP contribution is -2.41. The van der Waals surface area contributed by atoms with Gasteiger partial charge in [0.2, 0.25) is 15.9 Å². The Morgan fingerprint density at radius 1 is 1.11 bits per heavy atom. The number of hydrogen-bond donors (Lipinski definition) is 1. The van der Waals surface area contributed by atoms with Gasteiger partial charge in [-0.15, -0.1) is 0 Å². The van der Waals surface area contributed by atoms with E-state index in [2.05, 4.69) is 5.32 Å². The fourth-order valence-corrected chi connectivity index (χ4v) is 5.37. The van der Waals surface area contributed by atoms with E-state index in [1.165, 1.54) is 4.31 Å². The normalized spacial score (nSPS) is 18.1. The molecular formula is C25H32N2O7S. The van der Waals surface area contributed by atoms with Crippen LogP contribution in [-0.4, -0.2) is 53.1 Å². The third kappa shape index (κ3) is 5.93. The summed E-state index contributed by atoms with van der Waals surface area (Å²) in [6, 6.07) is 10.4. The van der Waals surface area contributed by atoms with Crippen LogP contribution in [-0.2, 0) is 14.8 Å². The summed E-state index contributed by atoms with van der Waals surface area (Å²) in [5.41, 5.74) is 0.918. The van der Waals surface area contributed by atoms with Crippen LogP contribution in [0.2, 0.25) is 0 Å². The molecule has 9 nitrogen and oxygen atoms in total. The van der Waals surface area contributed by atoms with Crippen molar-refractivity contribution in [2.24, 2.45) is 0 Å². The van der Waals surface area contributed by atoms with Crippen molar-refractivity contribution in [1.82, 2.24) is 5.32 Å². The number of fused-ring (bicyclic) bond motifs is 2. The van der Waals surface area contributed by atoms with Crippen LogP contribution in [0, 0.1) is 0 Å². The molecule has 1 amide bonds. The molecule has 10 heteroatoms. The summed E-state index contributed by atoms with van der Waals surface area (Å²) in [7, 11) is -1.96. The Morgan fingerprint density at radius 3 is 2.57 bits per heavy atom. The molecule has 1 N–H and O–H groups in total. The first-order valence-electron chi connectivity index (χ1n) is 11.6. The van der Waals surface area contributed by atoms with Crippen LogP contribution in [0.4, 0.5) is 5.69 Å². The van der Waals surface area contributed by atoms with E-state index in [1.54, 1.807) is 25.3 Å². The number of methoxy groups -OCH3 is 1. The van der Waals surface area contributed by atoms with Gasteiger partial charge >= 0.3 is 0 Å². The highest BCUT2D eigenvalue weighted by Crippen LogP contribution is 2.41. The lowest BCUT2D eigenvalue weighted by Gasteiger charge is -2.38. The molecule has 4 rings (SSSR count). The number of rotatable bonds is 8. The number of carbonyl (C=O) groups excluding carboxylic acids is 1. The largest absolute Gasteiger partial charge is 0.497 e. The number of anilines is 1. The SMILES string of the molecule is COc1ccc2c(c1)OC(C)(C)C[C@H]2NC(=O)CCCN(c1ccc2c(c1)OCCO2)S(C)(=O)=O. The summed E-state index contributed by atoms with van der Waals surface area (Å²) in [4.78, 5) is 12.8. The van der Waals surface area contributed by atoms with Gasteiger partial charge in [0.05, 0.1) is 25.1 Å². The highest BCUT2D eigenvalue weighted by molar-refractivity contribution is 7.92. The number of hydrogen-bond acceptors (Lipinski definition) is 7. The van der Waals surface area contributed by atoms with Gasteiger partial charge in [0.15, 0.2) is 11.5 Å². The molecule has 0 fully saturated rings. The summed E-state index contributed by atoms with van der Waals surface area (Å²) in [6.45, 7) is 4.99. The maximum atomic E-state index is 12.8. The molecule has 2 aromatic rings. The van der Waals surface area contributed by atoms with E-state index in [0.717, 1.165) is 11.8 Å². The van der Waals surface area contributed by atoms with Crippen molar-refractivity contribution in [3.8, 4) is 23.0 Å². The Hall–Kier alpha value is -3.14. The van der Waals surface area contributed by atoms with Crippen LogP contribution >= 0.6 is 0 Å². The van der Waals surface area contributed by atoms with E-state index in [1.807, 2.05) is 32.0 Å². The number of benzene rings is 2. The zero-order chi connectivity index (χ0) is 25.2. The summed E-state index contributed by atoms with van der Waals surface area (Å²) >= 11 is 0. The molecule has 0 unspecified atom stereocenters. The number of sulfonamides is 1. The first kappa shape index (κ1) is 25.0. The summed E-state index contributed by atoms with van der Waals surface area (Å²) in [6.07, 6.45) is 2.30. The van der Waals surface area contributed by atoms with E-state index < -0.39 is 15.6 Å². The molecule has 0 saturated carbocycles. The summed E-state index contributed by atoms with van der Waals surface area (Å²) < 4.78 is 48.7. The van der Waals surface area contributed by atoms with E-state index in [-0.39, 0.29) is 24.9 Å². The molecule has 35 heavy (non-hydrogen) atoms. The molecule has 190 valence electrons. The van der Waals surface area contributed by atoms with Crippen LogP contribution in [0.5, 0.6) is 23.0 Å². The quantitative estimate of drug-likeness (QED) is 0.587.